The summed E-state index contributed by atoms with van der Waals surface area (Å²) in [6.07, 6.45) is -0.230. The Hall–Kier alpha value is -6.01. The number of nitrogens with one attached hydrogen (secondary N) is 2. The molecule has 1 aliphatic rings. The molecule has 0 aliphatic carbocycles. The van der Waals surface area contributed by atoms with Crippen LogP contribution in [0.25, 0.3) is 58.8 Å². The van der Waals surface area contributed by atoms with Gasteiger partial charge < -0.3 is 9.88 Å². The fourth-order valence-corrected chi connectivity index (χ4v) is 8.70. The van der Waals surface area contributed by atoms with E-state index in [9.17, 15) is 0 Å². The van der Waals surface area contributed by atoms with Gasteiger partial charge in [0, 0.05) is 47.8 Å². The van der Waals surface area contributed by atoms with Crippen LogP contribution < -0.4 is 10.6 Å². The zero-order chi connectivity index (χ0) is 33.0. The molecule has 10 rings (SSSR count). The van der Waals surface area contributed by atoms with Gasteiger partial charge in [-0.15, -0.1) is 11.3 Å². The zero-order valence-corrected chi connectivity index (χ0v) is 27.9. The van der Waals surface area contributed by atoms with E-state index in [4.69, 9.17) is 4.99 Å². The van der Waals surface area contributed by atoms with Crippen molar-refractivity contribution in [2.45, 2.75) is 12.3 Å². The van der Waals surface area contributed by atoms with Crippen molar-refractivity contribution in [3.63, 3.8) is 0 Å². The lowest BCUT2D eigenvalue weighted by Crippen LogP contribution is -2.44. The number of nitrogens with zero attached hydrogens (tertiary/aromatic N) is 2. The number of hydrogen-bond donors (Lipinski definition) is 2. The summed E-state index contributed by atoms with van der Waals surface area (Å²) in [6, 6.07) is 60.9. The van der Waals surface area contributed by atoms with Gasteiger partial charge in [0.15, 0.2) is 0 Å². The molecule has 0 amide bonds. The van der Waals surface area contributed by atoms with Crippen molar-refractivity contribution in [2.75, 3.05) is 0 Å². The molecule has 2 atom stereocenters. The van der Waals surface area contributed by atoms with Gasteiger partial charge >= 0.3 is 0 Å². The molecule has 2 N–H and O–H groups in total. The van der Waals surface area contributed by atoms with Crippen molar-refractivity contribution >= 4 is 59.2 Å². The molecule has 5 heteroatoms. The van der Waals surface area contributed by atoms with Crippen molar-refractivity contribution < 1.29 is 0 Å². The van der Waals surface area contributed by atoms with Crippen LogP contribution >= 0.6 is 11.3 Å². The van der Waals surface area contributed by atoms with Crippen LogP contribution in [0, 0.1) is 0 Å². The third-order valence-electron chi connectivity index (χ3n) is 9.88. The maximum Gasteiger partial charge on any atom is 0.131 e. The van der Waals surface area contributed by atoms with Crippen LogP contribution in [0.5, 0.6) is 0 Å². The first-order chi connectivity index (χ1) is 24.8. The molecule has 2 unspecified atom stereocenters. The van der Waals surface area contributed by atoms with E-state index >= 15 is 0 Å². The van der Waals surface area contributed by atoms with Crippen LogP contribution in [0.15, 0.2) is 175 Å². The van der Waals surface area contributed by atoms with Crippen molar-refractivity contribution in [3.8, 4) is 16.8 Å². The standard InChI is InChI=1S/C45H32N4S/c1-4-13-29(14-5-1)34-20-12-21-38-35-19-10-11-22-39(35)49(42(34)38)33-24-26-37-36-25-23-32(27-40(36)50-41(37)28-33)45-47-43(30-15-6-2-7-16-30)46-44(48-45)31-17-8-3-9-18-31/h1-28,43-44,46H,(H,47,48). The second-order valence-electron chi connectivity index (χ2n) is 12.9. The summed E-state index contributed by atoms with van der Waals surface area (Å²) >= 11 is 1.85. The summed E-state index contributed by atoms with van der Waals surface area (Å²) in [5.74, 6) is 0.894. The molecular formula is C45H32N4S. The van der Waals surface area contributed by atoms with Gasteiger partial charge in [-0.3, -0.25) is 5.32 Å². The predicted octanol–water partition coefficient (Wildman–Crippen LogP) is 11.2. The first-order valence-corrected chi connectivity index (χ1v) is 17.9. The van der Waals surface area contributed by atoms with Gasteiger partial charge in [-0.1, -0.05) is 146 Å². The number of aliphatic imine (C=N–C) groups is 1. The SMILES string of the molecule is c1ccc(-c2cccc3c4ccccc4n(-c4ccc5c(c4)sc4cc(C6=NC(c7ccccc7)NC(c7ccccc7)N6)ccc45)c23)cc1. The average molecular weight is 661 g/mol. The Morgan fingerprint density at radius 1 is 0.520 bits per heavy atom. The van der Waals surface area contributed by atoms with Gasteiger partial charge in [0.25, 0.3) is 0 Å². The average Bonchev–Trinajstić information content (AvgIpc) is 3.73. The monoisotopic (exact) mass is 660 g/mol. The second-order valence-corrected chi connectivity index (χ2v) is 13.9. The van der Waals surface area contributed by atoms with Crippen LogP contribution in [0.4, 0.5) is 0 Å². The topological polar surface area (TPSA) is 41.4 Å². The Morgan fingerprint density at radius 3 is 1.98 bits per heavy atom. The maximum atomic E-state index is 5.19. The van der Waals surface area contributed by atoms with Crippen molar-refractivity contribution in [3.05, 3.63) is 187 Å². The Balaban J connectivity index is 1.10. The lowest BCUT2D eigenvalue weighted by atomic mass is 10.0. The highest BCUT2D eigenvalue weighted by Crippen LogP contribution is 2.41. The molecule has 1 aliphatic heterocycles. The second kappa shape index (κ2) is 11.8. The fourth-order valence-electron chi connectivity index (χ4n) is 7.52. The summed E-state index contributed by atoms with van der Waals surface area (Å²) in [5, 5.41) is 12.5. The van der Waals surface area contributed by atoms with E-state index in [-0.39, 0.29) is 12.3 Å². The highest BCUT2D eigenvalue weighted by Gasteiger charge is 2.25. The van der Waals surface area contributed by atoms with E-state index in [0.717, 1.165) is 17.0 Å². The summed E-state index contributed by atoms with van der Waals surface area (Å²) < 4.78 is 4.96. The molecular weight excluding hydrogens is 629 g/mol. The summed E-state index contributed by atoms with van der Waals surface area (Å²) in [6.45, 7) is 0. The Labute approximate surface area is 294 Å². The van der Waals surface area contributed by atoms with E-state index in [1.165, 1.54) is 64.4 Å². The number of hydrogen-bond acceptors (Lipinski definition) is 4. The first-order valence-electron chi connectivity index (χ1n) is 17.0. The molecule has 7 aromatic carbocycles. The molecule has 0 saturated heterocycles. The minimum atomic E-state index is -0.162. The molecule has 0 saturated carbocycles. The highest BCUT2D eigenvalue weighted by atomic mass is 32.1. The lowest BCUT2D eigenvalue weighted by molar-refractivity contribution is 0.409. The maximum absolute atomic E-state index is 5.19. The van der Waals surface area contributed by atoms with Crippen LogP contribution in [0.3, 0.4) is 0 Å². The van der Waals surface area contributed by atoms with Crippen molar-refractivity contribution in [1.29, 1.82) is 0 Å². The van der Waals surface area contributed by atoms with Gasteiger partial charge in [-0.05, 0) is 41.0 Å². The van der Waals surface area contributed by atoms with E-state index in [0.29, 0.717) is 0 Å². The lowest BCUT2D eigenvalue weighted by Gasteiger charge is -2.32. The van der Waals surface area contributed by atoms with E-state index in [1.54, 1.807) is 0 Å². The van der Waals surface area contributed by atoms with Gasteiger partial charge in [-0.25, -0.2) is 4.99 Å². The summed E-state index contributed by atoms with van der Waals surface area (Å²) in [4.78, 5) is 5.19. The van der Waals surface area contributed by atoms with Crippen LogP contribution in [-0.2, 0) is 0 Å². The smallest absolute Gasteiger partial charge is 0.131 e. The Morgan fingerprint density at radius 2 is 1.18 bits per heavy atom. The Kier molecular flexibility index (Phi) is 6.86. The molecule has 238 valence electrons. The van der Waals surface area contributed by atoms with Gasteiger partial charge in [0.1, 0.15) is 18.2 Å². The first kappa shape index (κ1) is 29.0. The minimum Gasteiger partial charge on any atom is -0.350 e. The number of amidine groups is 1. The van der Waals surface area contributed by atoms with Gasteiger partial charge in [0.05, 0.1) is 11.0 Å². The molecule has 9 aromatic rings. The number of fused-ring (bicyclic) bond motifs is 6. The van der Waals surface area contributed by atoms with Gasteiger partial charge in [-0.2, -0.15) is 0 Å². The zero-order valence-electron chi connectivity index (χ0n) is 27.1. The van der Waals surface area contributed by atoms with Crippen LogP contribution in [0.2, 0.25) is 0 Å². The largest absolute Gasteiger partial charge is 0.350 e. The molecule has 0 spiro atoms. The molecule has 0 bridgehead atoms. The number of benzene rings is 7. The van der Waals surface area contributed by atoms with Crippen LogP contribution in [-0.4, -0.2) is 10.4 Å². The third kappa shape index (κ3) is 4.82. The molecule has 3 heterocycles. The van der Waals surface area contributed by atoms with Gasteiger partial charge in [0.2, 0.25) is 0 Å². The number of aromatic nitrogens is 1. The summed E-state index contributed by atoms with van der Waals surface area (Å²) in [7, 11) is 0. The normalized spacial score (nSPS) is 16.2. The third-order valence-corrected chi connectivity index (χ3v) is 11.0. The van der Waals surface area contributed by atoms with Crippen molar-refractivity contribution in [1.82, 2.24) is 15.2 Å². The molecule has 2 aromatic heterocycles. The number of rotatable bonds is 5. The molecule has 4 nitrogen and oxygen atoms in total. The van der Waals surface area contributed by atoms with Crippen molar-refractivity contribution in [2.24, 2.45) is 4.99 Å². The van der Waals surface area contributed by atoms with Crippen LogP contribution in [0.1, 0.15) is 29.0 Å². The molecule has 0 fully saturated rings. The van der Waals surface area contributed by atoms with E-state index in [2.05, 4.69) is 179 Å². The predicted molar refractivity (Wildman–Crippen MR) is 210 cm³/mol. The van der Waals surface area contributed by atoms with E-state index in [1.807, 2.05) is 17.4 Å². The summed E-state index contributed by atoms with van der Waals surface area (Å²) in [5.41, 5.74) is 9.47. The molecule has 50 heavy (non-hydrogen) atoms. The highest BCUT2D eigenvalue weighted by molar-refractivity contribution is 7.25. The minimum absolute atomic E-state index is 0.0680. The van der Waals surface area contributed by atoms with E-state index < -0.39 is 0 Å². The number of thiophene rings is 1. The fraction of sp³-hybridized carbons (Fsp3) is 0.0444. The number of para-hydroxylation sites is 2. The Bertz CT molecular complexity index is 2710. The molecule has 0 radical (unpaired) electrons. The quantitative estimate of drug-likeness (QED) is 0.193.